The smallest absolute Gasteiger partial charge is 0.317 e. The maximum atomic E-state index is 11.9. The van der Waals surface area contributed by atoms with E-state index in [2.05, 4.69) is 10.2 Å². The van der Waals surface area contributed by atoms with Crippen LogP contribution in [0.2, 0.25) is 10.0 Å². The van der Waals surface area contributed by atoms with Crippen molar-refractivity contribution in [3.63, 3.8) is 0 Å². The molecule has 6 nitrogen and oxygen atoms in total. The quantitative estimate of drug-likeness (QED) is 0.802. The molecular formula is C16H21Cl2N3O3. The van der Waals surface area contributed by atoms with E-state index in [-0.39, 0.29) is 19.0 Å². The Morgan fingerprint density at radius 2 is 1.83 bits per heavy atom. The largest absolute Gasteiger partial charge is 0.481 e. The van der Waals surface area contributed by atoms with E-state index in [4.69, 9.17) is 28.3 Å². The Hall–Kier alpha value is -1.50. The minimum Gasteiger partial charge on any atom is -0.481 e. The van der Waals surface area contributed by atoms with Gasteiger partial charge in [0, 0.05) is 39.3 Å². The second kappa shape index (κ2) is 9.11. The van der Waals surface area contributed by atoms with Crippen LogP contribution in [0, 0.1) is 0 Å². The van der Waals surface area contributed by atoms with Crippen molar-refractivity contribution in [3.8, 4) is 0 Å². The first-order valence-electron chi connectivity index (χ1n) is 7.86. The molecule has 2 N–H and O–H groups in total. The van der Waals surface area contributed by atoms with Gasteiger partial charge in [-0.1, -0.05) is 29.3 Å². The van der Waals surface area contributed by atoms with Crippen LogP contribution in [0.1, 0.15) is 12.0 Å². The second-order valence-corrected chi connectivity index (χ2v) is 6.52. The van der Waals surface area contributed by atoms with Gasteiger partial charge in [-0.15, -0.1) is 0 Å². The van der Waals surface area contributed by atoms with Gasteiger partial charge in [-0.2, -0.15) is 0 Å². The first-order valence-corrected chi connectivity index (χ1v) is 8.62. The summed E-state index contributed by atoms with van der Waals surface area (Å²) in [4.78, 5) is 26.4. The lowest BCUT2D eigenvalue weighted by molar-refractivity contribution is -0.136. The average molecular weight is 374 g/mol. The van der Waals surface area contributed by atoms with Gasteiger partial charge in [-0.05, 0) is 24.1 Å². The Morgan fingerprint density at radius 3 is 2.46 bits per heavy atom. The maximum Gasteiger partial charge on any atom is 0.317 e. The SMILES string of the molecule is O=C(O)CCNC(=O)N1CCN(CCc2ccc(Cl)c(Cl)c2)CC1. The van der Waals surface area contributed by atoms with Crippen molar-refractivity contribution >= 4 is 35.2 Å². The summed E-state index contributed by atoms with van der Waals surface area (Å²) < 4.78 is 0. The number of carboxylic acid groups (broad SMARTS) is 1. The number of benzene rings is 1. The van der Waals surface area contributed by atoms with Gasteiger partial charge < -0.3 is 15.3 Å². The highest BCUT2D eigenvalue weighted by Gasteiger charge is 2.20. The number of nitrogens with zero attached hydrogens (tertiary/aromatic N) is 2. The fourth-order valence-corrected chi connectivity index (χ4v) is 2.87. The Kier molecular flexibility index (Phi) is 7.15. The van der Waals surface area contributed by atoms with Crippen LogP contribution in [0.15, 0.2) is 18.2 Å². The number of amides is 2. The van der Waals surface area contributed by atoms with E-state index in [0.29, 0.717) is 23.1 Å². The summed E-state index contributed by atoms with van der Waals surface area (Å²) in [5, 5.41) is 12.3. The molecule has 132 valence electrons. The van der Waals surface area contributed by atoms with Crippen molar-refractivity contribution in [1.82, 2.24) is 15.1 Å². The molecule has 8 heteroatoms. The van der Waals surface area contributed by atoms with E-state index < -0.39 is 5.97 Å². The summed E-state index contributed by atoms with van der Waals surface area (Å²) >= 11 is 11.9. The number of carboxylic acids is 1. The second-order valence-electron chi connectivity index (χ2n) is 5.70. The molecule has 0 atom stereocenters. The van der Waals surface area contributed by atoms with E-state index >= 15 is 0 Å². The molecule has 1 aliphatic rings. The molecule has 0 saturated carbocycles. The molecule has 1 saturated heterocycles. The number of halogens is 2. The van der Waals surface area contributed by atoms with E-state index in [1.165, 1.54) is 0 Å². The van der Waals surface area contributed by atoms with Crippen molar-refractivity contribution < 1.29 is 14.7 Å². The zero-order chi connectivity index (χ0) is 17.5. The van der Waals surface area contributed by atoms with Gasteiger partial charge in [0.15, 0.2) is 0 Å². The molecule has 1 heterocycles. The average Bonchev–Trinajstić information content (AvgIpc) is 2.56. The van der Waals surface area contributed by atoms with Gasteiger partial charge in [0.05, 0.1) is 16.5 Å². The van der Waals surface area contributed by atoms with Crippen LogP contribution >= 0.6 is 23.2 Å². The monoisotopic (exact) mass is 373 g/mol. The third-order valence-corrected chi connectivity index (χ3v) is 4.71. The fraction of sp³-hybridized carbons (Fsp3) is 0.500. The van der Waals surface area contributed by atoms with Crippen molar-refractivity contribution in [2.24, 2.45) is 0 Å². The Labute approximate surface area is 151 Å². The van der Waals surface area contributed by atoms with Crippen molar-refractivity contribution in [2.45, 2.75) is 12.8 Å². The number of rotatable bonds is 6. The first kappa shape index (κ1) is 18.8. The fourth-order valence-electron chi connectivity index (χ4n) is 2.55. The van der Waals surface area contributed by atoms with Crippen LogP contribution in [0.4, 0.5) is 4.79 Å². The number of aliphatic carboxylic acids is 1. The van der Waals surface area contributed by atoms with Crippen LogP contribution in [-0.4, -0.2) is 66.2 Å². The normalized spacial score (nSPS) is 15.3. The van der Waals surface area contributed by atoms with Gasteiger partial charge in [-0.3, -0.25) is 9.69 Å². The number of piperazine rings is 1. The topological polar surface area (TPSA) is 72.9 Å². The van der Waals surface area contributed by atoms with E-state index in [0.717, 1.165) is 31.6 Å². The van der Waals surface area contributed by atoms with E-state index in [1.54, 1.807) is 11.0 Å². The zero-order valence-corrected chi connectivity index (χ0v) is 14.8. The molecule has 0 aromatic heterocycles. The summed E-state index contributed by atoms with van der Waals surface area (Å²) in [6.45, 7) is 3.93. The third-order valence-electron chi connectivity index (χ3n) is 3.98. The first-order chi connectivity index (χ1) is 11.5. The van der Waals surface area contributed by atoms with Crippen LogP contribution in [0.3, 0.4) is 0 Å². The standard InChI is InChI=1S/C16H21Cl2N3O3/c17-13-2-1-12(11-14(13)18)4-6-20-7-9-21(10-8-20)16(24)19-5-3-15(22)23/h1-2,11H,3-10H2,(H,19,24)(H,22,23). The Morgan fingerprint density at radius 1 is 1.12 bits per heavy atom. The van der Waals surface area contributed by atoms with Crippen LogP contribution in [0.25, 0.3) is 0 Å². The van der Waals surface area contributed by atoms with Crippen LogP contribution in [-0.2, 0) is 11.2 Å². The molecular weight excluding hydrogens is 353 g/mol. The number of hydrogen-bond acceptors (Lipinski definition) is 3. The van der Waals surface area contributed by atoms with Gasteiger partial charge in [0.2, 0.25) is 0 Å². The van der Waals surface area contributed by atoms with Crippen molar-refractivity contribution in [3.05, 3.63) is 33.8 Å². The number of carbonyl (C=O) groups is 2. The highest BCUT2D eigenvalue weighted by atomic mass is 35.5. The van der Waals surface area contributed by atoms with Crippen LogP contribution in [0.5, 0.6) is 0 Å². The van der Waals surface area contributed by atoms with Gasteiger partial charge in [0.1, 0.15) is 0 Å². The van der Waals surface area contributed by atoms with Crippen molar-refractivity contribution in [2.75, 3.05) is 39.3 Å². The highest BCUT2D eigenvalue weighted by Crippen LogP contribution is 2.22. The molecule has 0 radical (unpaired) electrons. The molecule has 0 unspecified atom stereocenters. The summed E-state index contributed by atoms with van der Waals surface area (Å²) in [7, 11) is 0. The molecule has 0 bridgehead atoms. The van der Waals surface area contributed by atoms with Gasteiger partial charge in [-0.25, -0.2) is 4.79 Å². The van der Waals surface area contributed by atoms with Crippen molar-refractivity contribution in [1.29, 1.82) is 0 Å². The zero-order valence-electron chi connectivity index (χ0n) is 13.3. The molecule has 0 aliphatic carbocycles. The molecule has 2 amide bonds. The maximum absolute atomic E-state index is 11.9. The molecule has 1 fully saturated rings. The molecule has 0 spiro atoms. The third kappa shape index (κ3) is 5.85. The molecule has 1 aromatic rings. The molecule has 1 aliphatic heterocycles. The highest BCUT2D eigenvalue weighted by molar-refractivity contribution is 6.42. The minimum absolute atomic E-state index is 0.0602. The lowest BCUT2D eigenvalue weighted by Crippen LogP contribution is -2.52. The Bertz CT molecular complexity index is 590. The van der Waals surface area contributed by atoms with Crippen LogP contribution < -0.4 is 5.32 Å². The predicted octanol–water partition coefficient (Wildman–Crippen LogP) is 2.34. The minimum atomic E-state index is -0.914. The lowest BCUT2D eigenvalue weighted by Gasteiger charge is -2.34. The lowest BCUT2D eigenvalue weighted by atomic mass is 10.1. The number of nitrogens with one attached hydrogen (secondary N) is 1. The summed E-state index contributed by atoms with van der Waals surface area (Å²) in [6, 6.07) is 5.47. The van der Waals surface area contributed by atoms with Gasteiger partial charge >= 0.3 is 12.0 Å². The molecule has 2 rings (SSSR count). The predicted molar refractivity (Wildman–Crippen MR) is 93.8 cm³/mol. The summed E-state index contributed by atoms with van der Waals surface area (Å²) in [5.74, 6) is -0.914. The number of carbonyl (C=O) groups excluding carboxylic acids is 1. The number of urea groups is 1. The van der Waals surface area contributed by atoms with E-state index in [9.17, 15) is 9.59 Å². The molecule has 24 heavy (non-hydrogen) atoms. The summed E-state index contributed by atoms with van der Waals surface area (Å²) in [5.41, 5.74) is 1.14. The Balaban J connectivity index is 1.69. The summed E-state index contributed by atoms with van der Waals surface area (Å²) in [6.07, 6.45) is 0.817. The van der Waals surface area contributed by atoms with Gasteiger partial charge in [0.25, 0.3) is 0 Å². The van der Waals surface area contributed by atoms with E-state index in [1.807, 2.05) is 12.1 Å². The molecule has 1 aromatic carbocycles. The number of hydrogen-bond donors (Lipinski definition) is 2.